The molecule has 4 rings (SSSR count). The van der Waals surface area contributed by atoms with Crippen molar-refractivity contribution in [2.45, 2.75) is 13.5 Å². The summed E-state index contributed by atoms with van der Waals surface area (Å²) in [4.78, 5) is 4.52. The Morgan fingerprint density at radius 2 is 1.71 bits per heavy atom. The molecule has 0 fully saturated rings. The second kappa shape index (κ2) is 7.96. The number of aromatic nitrogens is 2. The summed E-state index contributed by atoms with van der Waals surface area (Å²) in [7, 11) is 1.61. The summed E-state index contributed by atoms with van der Waals surface area (Å²) in [5.74, 6) is 2.28. The maximum absolute atomic E-state index is 5.90. The number of nitrogens with zero attached hydrogens (tertiary/aromatic N) is 2. The van der Waals surface area contributed by atoms with Crippen LogP contribution in [0.25, 0.3) is 22.8 Å². The van der Waals surface area contributed by atoms with Crippen molar-refractivity contribution in [3.05, 3.63) is 83.9 Å². The van der Waals surface area contributed by atoms with Crippen LogP contribution in [-0.2, 0) is 6.61 Å². The van der Waals surface area contributed by atoms with Crippen molar-refractivity contribution in [3.8, 4) is 34.3 Å². The summed E-state index contributed by atoms with van der Waals surface area (Å²) in [5.41, 5.74) is 3.92. The van der Waals surface area contributed by atoms with E-state index in [0.717, 1.165) is 22.3 Å². The van der Waals surface area contributed by atoms with E-state index in [1.165, 1.54) is 0 Å². The molecule has 0 unspecified atom stereocenters. The van der Waals surface area contributed by atoms with Crippen molar-refractivity contribution in [2.75, 3.05) is 7.11 Å². The van der Waals surface area contributed by atoms with Crippen LogP contribution in [0, 0.1) is 6.92 Å². The second-order valence-corrected chi connectivity index (χ2v) is 6.43. The highest BCUT2D eigenvalue weighted by Crippen LogP contribution is 2.33. The first kappa shape index (κ1) is 17.8. The second-order valence-electron chi connectivity index (χ2n) is 6.43. The molecule has 0 atom stereocenters. The topological polar surface area (TPSA) is 57.4 Å². The molecule has 0 spiro atoms. The molecular formula is C23H20N2O3. The summed E-state index contributed by atoms with van der Waals surface area (Å²) < 4.78 is 16.8. The van der Waals surface area contributed by atoms with Gasteiger partial charge in [0.05, 0.1) is 7.11 Å². The lowest BCUT2D eigenvalue weighted by atomic mass is 10.1. The Bertz CT molecular complexity index is 1070. The first-order valence-corrected chi connectivity index (χ1v) is 8.99. The number of rotatable bonds is 6. The lowest BCUT2D eigenvalue weighted by Gasteiger charge is -2.11. The quantitative estimate of drug-likeness (QED) is 0.460. The Labute approximate surface area is 163 Å². The average molecular weight is 372 g/mol. The van der Waals surface area contributed by atoms with Gasteiger partial charge in [0, 0.05) is 11.1 Å². The minimum absolute atomic E-state index is 0.469. The van der Waals surface area contributed by atoms with Crippen molar-refractivity contribution in [1.29, 1.82) is 0 Å². The van der Waals surface area contributed by atoms with E-state index in [9.17, 15) is 0 Å². The van der Waals surface area contributed by atoms with E-state index in [1.54, 1.807) is 7.11 Å². The molecule has 3 aromatic carbocycles. The van der Waals surface area contributed by atoms with Gasteiger partial charge in [-0.1, -0.05) is 53.2 Å². The Morgan fingerprint density at radius 1 is 0.857 bits per heavy atom. The number of aryl methyl sites for hydroxylation is 1. The minimum Gasteiger partial charge on any atom is -0.493 e. The van der Waals surface area contributed by atoms with Crippen LogP contribution in [0.3, 0.4) is 0 Å². The van der Waals surface area contributed by atoms with Gasteiger partial charge in [-0.15, -0.1) is 0 Å². The van der Waals surface area contributed by atoms with Gasteiger partial charge in [-0.25, -0.2) is 0 Å². The van der Waals surface area contributed by atoms with Gasteiger partial charge in [0.15, 0.2) is 11.5 Å². The van der Waals surface area contributed by atoms with Crippen molar-refractivity contribution in [3.63, 3.8) is 0 Å². The number of hydrogen-bond acceptors (Lipinski definition) is 5. The zero-order chi connectivity index (χ0) is 19.3. The molecule has 5 heteroatoms. The van der Waals surface area contributed by atoms with Crippen molar-refractivity contribution in [2.24, 2.45) is 0 Å². The van der Waals surface area contributed by atoms with Crippen LogP contribution in [0.1, 0.15) is 11.1 Å². The van der Waals surface area contributed by atoms with Gasteiger partial charge in [0.2, 0.25) is 5.82 Å². The predicted octanol–water partition coefficient (Wildman–Crippen LogP) is 5.30. The monoisotopic (exact) mass is 372 g/mol. The summed E-state index contributed by atoms with van der Waals surface area (Å²) >= 11 is 0. The molecule has 0 radical (unpaired) electrons. The zero-order valence-corrected chi connectivity index (χ0v) is 15.8. The van der Waals surface area contributed by atoms with Crippen molar-refractivity contribution < 1.29 is 14.0 Å². The van der Waals surface area contributed by atoms with Crippen molar-refractivity contribution >= 4 is 0 Å². The SMILES string of the molecule is COc1cc(-c2noc(-c3cccc(C)c3)n2)ccc1OCc1ccccc1. The van der Waals surface area contributed by atoms with Crippen LogP contribution in [0.15, 0.2) is 77.3 Å². The first-order chi connectivity index (χ1) is 13.7. The molecule has 0 aliphatic rings. The fourth-order valence-corrected chi connectivity index (χ4v) is 2.90. The fraction of sp³-hybridized carbons (Fsp3) is 0.130. The summed E-state index contributed by atoms with van der Waals surface area (Å²) in [6, 6.07) is 23.6. The summed E-state index contributed by atoms with van der Waals surface area (Å²) in [6.45, 7) is 2.50. The maximum atomic E-state index is 5.90. The average Bonchev–Trinajstić information content (AvgIpc) is 3.23. The smallest absolute Gasteiger partial charge is 0.258 e. The van der Waals surface area contributed by atoms with Gasteiger partial charge in [-0.05, 0) is 42.8 Å². The van der Waals surface area contributed by atoms with Gasteiger partial charge >= 0.3 is 0 Å². The van der Waals surface area contributed by atoms with Gasteiger partial charge in [-0.3, -0.25) is 0 Å². The number of benzene rings is 3. The first-order valence-electron chi connectivity index (χ1n) is 8.99. The van der Waals surface area contributed by atoms with E-state index in [1.807, 2.05) is 79.7 Å². The highest BCUT2D eigenvalue weighted by molar-refractivity contribution is 5.63. The lowest BCUT2D eigenvalue weighted by molar-refractivity contribution is 0.284. The van der Waals surface area contributed by atoms with E-state index < -0.39 is 0 Å². The normalized spacial score (nSPS) is 10.6. The molecule has 0 saturated heterocycles. The highest BCUT2D eigenvalue weighted by Gasteiger charge is 2.14. The van der Waals surface area contributed by atoms with E-state index >= 15 is 0 Å². The molecule has 0 aliphatic carbocycles. The van der Waals surface area contributed by atoms with Gasteiger partial charge in [-0.2, -0.15) is 4.98 Å². The maximum Gasteiger partial charge on any atom is 0.258 e. The molecule has 5 nitrogen and oxygen atoms in total. The van der Waals surface area contributed by atoms with Gasteiger partial charge < -0.3 is 14.0 Å². The van der Waals surface area contributed by atoms with E-state index in [-0.39, 0.29) is 0 Å². The van der Waals surface area contributed by atoms with Crippen LogP contribution in [0.2, 0.25) is 0 Å². The Balaban J connectivity index is 1.56. The van der Waals surface area contributed by atoms with Crippen LogP contribution in [0.4, 0.5) is 0 Å². The standard InChI is InChI=1S/C23H20N2O3/c1-16-7-6-10-19(13-16)23-24-22(25-28-23)18-11-12-20(21(14-18)26-2)27-15-17-8-4-3-5-9-17/h3-14H,15H2,1-2H3. The third-order valence-corrected chi connectivity index (χ3v) is 4.35. The van der Waals surface area contributed by atoms with Gasteiger partial charge in [0.1, 0.15) is 6.61 Å². The third-order valence-electron chi connectivity index (χ3n) is 4.35. The number of methoxy groups -OCH3 is 1. The molecule has 0 saturated carbocycles. The molecule has 0 bridgehead atoms. The zero-order valence-electron chi connectivity index (χ0n) is 15.8. The number of hydrogen-bond donors (Lipinski definition) is 0. The molecule has 28 heavy (non-hydrogen) atoms. The van der Waals surface area contributed by atoms with E-state index in [4.69, 9.17) is 14.0 Å². The molecule has 0 N–H and O–H groups in total. The Hall–Kier alpha value is -3.60. The number of ether oxygens (including phenoxy) is 2. The summed E-state index contributed by atoms with van der Waals surface area (Å²) in [5, 5.41) is 4.11. The highest BCUT2D eigenvalue weighted by atomic mass is 16.5. The Morgan fingerprint density at radius 3 is 2.50 bits per heavy atom. The van der Waals surface area contributed by atoms with Gasteiger partial charge in [0.25, 0.3) is 5.89 Å². The van der Waals surface area contributed by atoms with Crippen LogP contribution < -0.4 is 9.47 Å². The third kappa shape index (κ3) is 3.88. The molecule has 0 aliphatic heterocycles. The molecule has 140 valence electrons. The largest absolute Gasteiger partial charge is 0.493 e. The van der Waals surface area contributed by atoms with Crippen LogP contribution >= 0.6 is 0 Å². The Kier molecular flexibility index (Phi) is 5.06. The van der Waals surface area contributed by atoms with E-state index in [0.29, 0.717) is 29.8 Å². The predicted molar refractivity (Wildman–Crippen MR) is 107 cm³/mol. The van der Waals surface area contributed by atoms with Crippen LogP contribution in [0.5, 0.6) is 11.5 Å². The fourth-order valence-electron chi connectivity index (χ4n) is 2.90. The molecule has 4 aromatic rings. The van der Waals surface area contributed by atoms with Crippen molar-refractivity contribution in [1.82, 2.24) is 10.1 Å². The molecular weight excluding hydrogens is 352 g/mol. The van der Waals surface area contributed by atoms with Crippen LogP contribution in [-0.4, -0.2) is 17.3 Å². The minimum atomic E-state index is 0.469. The van der Waals surface area contributed by atoms with E-state index in [2.05, 4.69) is 10.1 Å². The molecule has 1 aromatic heterocycles. The molecule has 1 heterocycles. The lowest BCUT2D eigenvalue weighted by Crippen LogP contribution is -1.98. The summed E-state index contributed by atoms with van der Waals surface area (Å²) in [6.07, 6.45) is 0. The molecule has 0 amide bonds.